The van der Waals surface area contributed by atoms with E-state index in [1.807, 2.05) is 0 Å². The van der Waals surface area contributed by atoms with Gasteiger partial charge in [-0.15, -0.1) is 0 Å². The van der Waals surface area contributed by atoms with Crippen LogP contribution in [0.2, 0.25) is 0 Å². The van der Waals surface area contributed by atoms with Crippen LogP contribution in [0.3, 0.4) is 0 Å². The summed E-state index contributed by atoms with van der Waals surface area (Å²) in [6, 6.07) is -1.05. The summed E-state index contributed by atoms with van der Waals surface area (Å²) in [4.78, 5) is 14.4. The lowest BCUT2D eigenvalue weighted by molar-refractivity contribution is 0.0271. The Bertz CT molecular complexity index is 538. The summed E-state index contributed by atoms with van der Waals surface area (Å²) < 4.78 is 31.9. The van der Waals surface area contributed by atoms with Gasteiger partial charge in [-0.3, -0.25) is 4.18 Å². The number of rotatable bonds is 8. The smallest absolute Gasteiger partial charge is 0.408 e. The number of amides is 1. The van der Waals surface area contributed by atoms with E-state index in [9.17, 15) is 18.3 Å². The maximum absolute atomic E-state index is 11.8. The molecule has 134 valence electrons. The van der Waals surface area contributed by atoms with Crippen LogP contribution in [-0.4, -0.2) is 56.8 Å². The highest BCUT2D eigenvalue weighted by Gasteiger charge is 2.29. The van der Waals surface area contributed by atoms with Crippen LogP contribution < -0.4 is 5.32 Å². The molecular formula is C12H24N4O6S. The quantitative estimate of drug-likeness (QED) is 0.289. The van der Waals surface area contributed by atoms with E-state index in [1.54, 1.807) is 27.7 Å². The van der Waals surface area contributed by atoms with E-state index in [0.717, 1.165) is 6.26 Å². The summed E-state index contributed by atoms with van der Waals surface area (Å²) in [7, 11) is -3.75. The Balaban J connectivity index is 4.99. The van der Waals surface area contributed by atoms with E-state index >= 15 is 0 Å². The minimum atomic E-state index is -3.75. The number of alkyl carbamates (subject to hydrolysis) is 1. The molecule has 0 saturated carbocycles. The van der Waals surface area contributed by atoms with Crippen LogP contribution in [-0.2, 0) is 19.0 Å². The Morgan fingerprint density at radius 3 is 2.43 bits per heavy atom. The van der Waals surface area contributed by atoms with Crippen LogP contribution >= 0.6 is 0 Å². The molecule has 11 heteroatoms. The fourth-order valence-electron chi connectivity index (χ4n) is 1.55. The van der Waals surface area contributed by atoms with Gasteiger partial charge < -0.3 is 15.2 Å². The van der Waals surface area contributed by atoms with Gasteiger partial charge in [0.25, 0.3) is 10.1 Å². The van der Waals surface area contributed by atoms with Gasteiger partial charge in [0.15, 0.2) is 0 Å². The molecule has 0 aliphatic carbocycles. The Kier molecular flexibility index (Phi) is 8.32. The van der Waals surface area contributed by atoms with Crippen LogP contribution in [0.1, 0.15) is 27.7 Å². The summed E-state index contributed by atoms with van der Waals surface area (Å²) in [5, 5.41) is 15.9. The summed E-state index contributed by atoms with van der Waals surface area (Å²) in [5.41, 5.74) is 7.55. The molecule has 0 aromatic rings. The Morgan fingerprint density at radius 2 is 2.00 bits per heavy atom. The molecule has 0 fully saturated rings. The van der Waals surface area contributed by atoms with Crippen molar-refractivity contribution in [2.75, 3.05) is 19.4 Å². The van der Waals surface area contributed by atoms with Crippen molar-refractivity contribution in [1.29, 1.82) is 0 Å². The standard InChI is InChI=1S/C12H24N4O6S/c1-8(6-14-16-13)10(17)9(7-21-23(5,19)20)15-11(18)22-12(2,3)4/h8-10,17H,6-7H2,1-5H3,(H,15,18)/t8-,9+,10+/m0/s1. The number of azide groups is 1. The van der Waals surface area contributed by atoms with Crippen LogP contribution in [0, 0.1) is 5.92 Å². The molecule has 0 aliphatic heterocycles. The molecule has 1 amide bonds. The maximum atomic E-state index is 11.8. The molecule has 0 rings (SSSR count). The van der Waals surface area contributed by atoms with Crippen molar-refractivity contribution >= 4 is 16.2 Å². The number of carbonyl (C=O) groups excluding carboxylic acids is 1. The lowest BCUT2D eigenvalue weighted by atomic mass is 9.98. The van der Waals surface area contributed by atoms with Crippen LogP contribution in [0.5, 0.6) is 0 Å². The first kappa shape index (κ1) is 21.4. The molecule has 0 spiro atoms. The highest BCUT2D eigenvalue weighted by molar-refractivity contribution is 7.85. The molecule has 10 nitrogen and oxygen atoms in total. The number of hydrogen-bond acceptors (Lipinski definition) is 7. The second-order valence-corrected chi connectivity index (χ2v) is 7.77. The van der Waals surface area contributed by atoms with Gasteiger partial charge in [-0.1, -0.05) is 12.0 Å². The van der Waals surface area contributed by atoms with Crippen LogP contribution in [0.25, 0.3) is 10.4 Å². The fourth-order valence-corrected chi connectivity index (χ4v) is 1.95. The predicted octanol–water partition coefficient (Wildman–Crippen LogP) is 1.16. The van der Waals surface area contributed by atoms with E-state index in [-0.39, 0.29) is 6.54 Å². The number of nitrogens with one attached hydrogen (secondary N) is 1. The number of aliphatic hydroxyl groups is 1. The average molecular weight is 352 g/mol. The third-order valence-corrected chi connectivity index (χ3v) is 3.16. The Hall–Kier alpha value is -1.55. The first-order chi connectivity index (χ1) is 10.4. The van der Waals surface area contributed by atoms with E-state index in [1.165, 1.54) is 0 Å². The van der Waals surface area contributed by atoms with Crippen molar-refractivity contribution in [2.24, 2.45) is 11.0 Å². The van der Waals surface area contributed by atoms with Crippen molar-refractivity contribution in [3.63, 3.8) is 0 Å². The van der Waals surface area contributed by atoms with Crippen LogP contribution in [0.15, 0.2) is 5.11 Å². The summed E-state index contributed by atoms with van der Waals surface area (Å²) >= 11 is 0. The van der Waals surface area contributed by atoms with Crippen molar-refractivity contribution < 1.29 is 27.2 Å². The van der Waals surface area contributed by atoms with Gasteiger partial charge >= 0.3 is 6.09 Å². The molecule has 0 radical (unpaired) electrons. The van der Waals surface area contributed by atoms with Gasteiger partial charge in [-0.2, -0.15) is 8.42 Å². The molecule has 23 heavy (non-hydrogen) atoms. The molecule has 0 aromatic heterocycles. The monoisotopic (exact) mass is 352 g/mol. The molecule has 0 heterocycles. The zero-order valence-electron chi connectivity index (χ0n) is 13.9. The van der Waals surface area contributed by atoms with Crippen molar-refractivity contribution in [1.82, 2.24) is 5.32 Å². The zero-order chi connectivity index (χ0) is 18.3. The largest absolute Gasteiger partial charge is 0.444 e. The minimum absolute atomic E-state index is 0.0248. The van der Waals surface area contributed by atoms with E-state index in [4.69, 9.17) is 10.3 Å². The molecule has 2 N–H and O–H groups in total. The van der Waals surface area contributed by atoms with E-state index in [0.29, 0.717) is 0 Å². The van der Waals surface area contributed by atoms with Gasteiger partial charge in [0.05, 0.1) is 25.0 Å². The van der Waals surface area contributed by atoms with Gasteiger partial charge in [-0.05, 0) is 32.2 Å². The van der Waals surface area contributed by atoms with Gasteiger partial charge in [0, 0.05) is 11.5 Å². The zero-order valence-corrected chi connectivity index (χ0v) is 14.7. The highest BCUT2D eigenvalue weighted by Crippen LogP contribution is 2.12. The van der Waals surface area contributed by atoms with Gasteiger partial charge in [-0.25, -0.2) is 4.79 Å². The number of ether oxygens (including phenoxy) is 1. The summed E-state index contributed by atoms with van der Waals surface area (Å²) in [6.07, 6.45) is -1.17. The highest BCUT2D eigenvalue weighted by atomic mass is 32.2. The van der Waals surface area contributed by atoms with Crippen molar-refractivity contribution in [3.05, 3.63) is 10.4 Å². The van der Waals surface area contributed by atoms with Crippen LogP contribution in [0.4, 0.5) is 4.79 Å². The summed E-state index contributed by atoms with van der Waals surface area (Å²) in [5.74, 6) is -0.533. The van der Waals surface area contributed by atoms with Gasteiger partial charge in [0.2, 0.25) is 0 Å². The number of nitrogens with zero attached hydrogens (tertiary/aromatic N) is 3. The van der Waals surface area contributed by atoms with Crippen molar-refractivity contribution in [2.45, 2.75) is 45.4 Å². The lowest BCUT2D eigenvalue weighted by Gasteiger charge is -2.28. The first-order valence-electron chi connectivity index (χ1n) is 6.88. The SMILES string of the molecule is C[C@@H](CN=[N+]=[N-])[C@@H](O)[C@@H](COS(C)(=O)=O)NC(=O)OC(C)(C)C. The minimum Gasteiger partial charge on any atom is -0.444 e. The molecule has 0 aromatic carbocycles. The number of aliphatic hydroxyl groups excluding tert-OH is 1. The topological polar surface area (TPSA) is 151 Å². The molecule has 0 bridgehead atoms. The second-order valence-electron chi connectivity index (χ2n) is 6.12. The second kappa shape index (κ2) is 8.92. The molecule has 0 saturated heterocycles. The molecule has 0 unspecified atom stereocenters. The van der Waals surface area contributed by atoms with E-state index in [2.05, 4.69) is 19.5 Å². The Morgan fingerprint density at radius 1 is 1.43 bits per heavy atom. The third-order valence-electron chi connectivity index (χ3n) is 2.59. The Labute approximate surface area is 135 Å². The number of carbonyl (C=O) groups is 1. The lowest BCUT2D eigenvalue weighted by Crippen LogP contribution is -2.50. The average Bonchev–Trinajstić information content (AvgIpc) is 2.36. The number of hydrogen-bond donors (Lipinski definition) is 2. The molecule has 3 atom stereocenters. The summed E-state index contributed by atoms with van der Waals surface area (Å²) in [6.45, 7) is 6.08. The maximum Gasteiger partial charge on any atom is 0.408 e. The predicted molar refractivity (Wildman–Crippen MR) is 83.1 cm³/mol. The molecular weight excluding hydrogens is 328 g/mol. The normalized spacial score (nSPS) is 15.9. The fraction of sp³-hybridized carbons (Fsp3) is 0.917. The van der Waals surface area contributed by atoms with Gasteiger partial charge in [0.1, 0.15) is 5.60 Å². The third kappa shape index (κ3) is 10.7. The van der Waals surface area contributed by atoms with Crippen molar-refractivity contribution in [3.8, 4) is 0 Å². The van der Waals surface area contributed by atoms with E-state index < -0.39 is 46.5 Å². The molecule has 0 aliphatic rings. The first-order valence-corrected chi connectivity index (χ1v) is 8.70.